The van der Waals surface area contributed by atoms with Crippen molar-refractivity contribution >= 4 is 5.78 Å². The number of fused-ring (bicyclic) bond motifs is 4. The van der Waals surface area contributed by atoms with Gasteiger partial charge in [0.25, 0.3) is 0 Å². The Balaban J connectivity index is 1.70. The molecule has 0 aromatic heterocycles. The third-order valence-corrected chi connectivity index (χ3v) is 9.30. The molecule has 30 heavy (non-hydrogen) atoms. The van der Waals surface area contributed by atoms with E-state index in [9.17, 15) is 9.90 Å². The Bertz CT molecular complexity index is 841. The van der Waals surface area contributed by atoms with Crippen LogP contribution in [0.15, 0.2) is 47.1 Å². The summed E-state index contributed by atoms with van der Waals surface area (Å²) < 4.78 is 0. The minimum Gasteiger partial charge on any atom is -0.389 e. The Morgan fingerprint density at radius 1 is 1.03 bits per heavy atom. The third-order valence-electron chi connectivity index (χ3n) is 9.30. The molecule has 2 nitrogen and oxygen atoms in total. The summed E-state index contributed by atoms with van der Waals surface area (Å²) in [5, 5.41) is 10.1. The fourth-order valence-corrected chi connectivity index (χ4v) is 6.81. The number of Topliss-reactive ketones (excluding diaryl/α,β-unsaturated/α-hetero) is 1. The second-order valence-electron chi connectivity index (χ2n) is 11.4. The number of ketones is 1. The lowest BCUT2D eigenvalue weighted by Gasteiger charge is -2.51. The summed E-state index contributed by atoms with van der Waals surface area (Å²) in [6.07, 6.45) is 15.7. The number of allylic oxidation sites excluding steroid dienone is 7. The van der Waals surface area contributed by atoms with Crippen molar-refractivity contribution in [1.82, 2.24) is 0 Å². The monoisotopic (exact) mass is 408 g/mol. The van der Waals surface area contributed by atoms with Crippen LogP contribution in [0.4, 0.5) is 0 Å². The number of rotatable bonds is 4. The van der Waals surface area contributed by atoms with Gasteiger partial charge in [-0.2, -0.15) is 0 Å². The van der Waals surface area contributed by atoms with Crippen LogP contribution in [0.1, 0.15) is 73.6 Å². The number of hydrogen-bond donors (Lipinski definition) is 1. The van der Waals surface area contributed by atoms with Crippen molar-refractivity contribution in [3.8, 4) is 0 Å². The highest BCUT2D eigenvalue weighted by Crippen LogP contribution is 2.62. The van der Waals surface area contributed by atoms with E-state index in [0.717, 1.165) is 31.3 Å². The maximum Gasteiger partial charge on any atom is 0.160 e. The molecule has 7 unspecified atom stereocenters. The molecule has 1 saturated carbocycles. The quantitative estimate of drug-likeness (QED) is 0.544. The molecule has 0 amide bonds. The Morgan fingerprint density at radius 3 is 2.43 bits per heavy atom. The summed E-state index contributed by atoms with van der Waals surface area (Å²) in [5.41, 5.74) is 3.79. The molecule has 0 spiro atoms. The molecular formula is C28H40O2. The van der Waals surface area contributed by atoms with Gasteiger partial charge in [0, 0.05) is 17.4 Å². The summed E-state index contributed by atoms with van der Waals surface area (Å²) in [7, 11) is 0. The minimum atomic E-state index is -0.320. The van der Waals surface area contributed by atoms with Crippen molar-refractivity contribution in [1.29, 1.82) is 0 Å². The van der Waals surface area contributed by atoms with Crippen LogP contribution in [-0.4, -0.2) is 17.0 Å². The normalized spacial score (nSPS) is 40.3. The van der Waals surface area contributed by atoms with Crippen LogP contribution in [0.2, 0.25) is 0 Å². The maximum absolute atomic E-state index is 13.4. The molecule has 4 rings (SSSR count). The first-order valence-corrected chi connectivity index (χ1v) is 12.1. The van der Waals surface area contributed by atoms with Gasteiger partial charge in [-0.15, -0.1) is 0 Å². The van der Waals surface area contributed by atoms with Crippen LogP contribution in [0, 0.1) is 40.4 Å². The molecular weight excluding hydrogens is 368 g/mol. The van der Waals surface area contributed by atoms with Gasteiger partial charge in [0.05, 0.1) is 6.10 Å². The van der Waals surface area contributed by atoms with Gasteiger partial charge in [0.1, 0.15) is 0 Å². The highest BCUT2D eigenvalue weighted by molar-refractivity contribution is 6.01. The van der Waals surface area contributed by atoms with E-state index in [0.29, 0.717) is 41.8 Å². The van der Waals surface area contributed by atoms with E-state index >= 15 is 0 Å². The van der Waals surface area contributed by atoms with E-state index in [1.807, 2.05) is 0 Å². The van der Waals surface area contributed by atoms with E-state index in [4.69, 9.17) is 0 Å². The van der Waals surface area contributed by atoms with Crippen molar-refractivity contribution in [2.45, 2.75) is 79.8 Å². The Morgan fingerprint density at radius 2 is 1.73 bits per heavy atom. The molecule has 0 heterocycles. The molecule has 164 valence electrons. The van der Waals surface area contributed by atoms with Crippen LogP contribution in [-0.2, 0) is 4.79 Å². The zero-order chi connectivity index (χ0) is 21.8. The van der Waals surface area contributed by atoms with E-state index in [-0.39, 0.29) is 16.9 Å². The first-order valence-electron chi connectivity index (χ1n) is 12.1. The maximum atomic E-state index is 13.4. The second kappa shape index (κ2) is 7.62. The summed E-state index contributed by atoms with van der Waals surface area (Å²) in [4.78, 5) is 13.4. The molecule has 1 N–H and O–H groups in total. The van der Waals surface area contributed by atoms with Crippen LogP contribution in [0.25, 0.3) is 0 Å². The number of aliphatic hydroxyl groups is 1. The van der Waals surface area contributed by atoms with Crippen LogP contribution >= 0.6 is 0 Å². The van der Waals surface area contributed by atoms with E-state index < -0.39 is 0 Å². The standard InChI is InChI=1S/C28H40O2/c1-17(2)18(3)7-8-19(4)24-16-25(30)26-22-10-9-20-15-21(29)11-13-27(20,5)23(22)12-14-28(24,26)6/h7-10,15,17-19,21,23-24,29H,11-14,16H2,1-6H3. The van der Waals surface area contributed by atoms with Gasteiger partial charge in [-0.05, 0) is 71.8 Å². The lowest BCUT2D eigenvalue weighted by Crippen LogP contribution is -2.42. The van der Waals surface area contributed by atoms with Gasteiger partial charge in [0.2, 0.25) is 0 Å². The highest BCUT2D eigenvalue weighted by Gasteiger charge is 2.56. The number of aliphatic hydroxyl groups excluding tert-OH is 1. The molecule has 4 aliphatic rings. The van der Waals surface area contributed by atoms with E-state index in [1.165, 1.54) is 11.1 Å². The molecule has 7 atom stereocenters. The summed E-state index contributed by atoms with van der Waals surface area (Å²) in [6, 6.07) is 0. The van der Waals surface area contributed by atoms with Gasteiger partial charge < -0.3 is 5.11 Å². The molecule has 0 bridgehead atoms. The molecule has 1 fully saturated rings. The number of carbonyl (C=O) groups is 1. The second-order valence-corrected chi connectivity index (χ2v) is 11.4. The Labute approximate surface area is 183 Å². The van der Waals surface area contributed by atoms with Crippen molar-refractivity contribution in [2.24, 2.45) is 40.4 Å². The average Bonchev–Trinajstić information content (AvgIpc) is 2.97. The molecule has 4 aliphatic carbocycles. The highest BCUT2D eigenvalue weighted by atomic mass is 16.3. The fourth-order valence-electron chi connectivity index (χ4n) is 6.81. The van der Waals surface area contributed by atoms with Crippen LogP contribution in [0.5, 0.6) is 0 Å². The predicted octanol–water partition coefficient (Wildman–Crippen LogP) is 6.43. The van der Waals surface area contributed by atoms with Crippen molar-refractivity contribution in [3.05, 3.63) is 47.1 Å². The number of carbonyl (C=O) groups excluding carboxylic acids is 1. The van der Waals surface area contributed by atoms with Gasteiger partial charge in [-0.1, -0.05) is 71.9 Å². The van der Waals surface area contributed by atoms with Crippen LogP contribution in [0.3, 0.4) is 0 Å². The summed E-state index contributed by atoms with van der Waals surface area (Å²) >= 11 is 0. The van der Waals surface area contributed by atoms with Gasteiger partial charge in [-0.3, -0.25) is 4.79 Å². The van der Waals surface area contributed by atoms with Gasteiger partial charge in [-0.25, -0.2) is 0 Å². The van der Waals surface area contributed by atoms with Crippen molar-refractivity contribution in [2.75, 3.05) is 0 Å². The molecule has 0 saturated heterocycles. The van der Waals surface area contributed by atoms with E-state index in [2.05, 4.69) is 71.9 Å². The largest absolute Gasteiger partial charge is 0.389 e. The Kier molecular flexibility index (Phi) is 5.54. The summed E-state index contributed by atoms with van der Waals surface area (Å²) in [5.74, 6) is 2.83. The zero-order valence-corrected chi connectivity index (χ0v) is 19.7. The lowest BCUT2D eigenvalue weighted by molar-refractivity contribution is -0.115. The molecule has 0 radical (unpaired) electrons. The summed E-state index contributed by atoms with van der Waals surface area (Å²) in [6.45, 7) is 13.9. The van der Waals surface area contributed by atoms with Crippen molar-refractivity contribution in [3.63, 3.8) is 0 Å². The predicted molar refractivity (Wildman–Crippen MR) is 124 cm³/mol. The van der Waals surface area contributed by atoms with E-state index in [1.54, 1.807) is 0 Å². The molecule has 0 aromatic rings. The third kappa shape index (κ3) is 3.30. The number of hydrogen-bond acceptors (Lipinski definition) is 2. The average molecular weight is 409 g/mol. The van der Waals surface area contributed by atoms with Gasteiger partial charge >= 0.3 is 0 Å². The first-order chi connectivity index (χ1) is 14.1. The first kappa shape index (κ1) is 21.8. The topological polar surface area (TPSA) is 37.3 Å². The van der Waals surface area contributed by atoms with Crippen LogP contribution < -0.4 is 0 Å². The molecule has 0 aliphatic heterocycles. The molecule has 2 heteroatoms. The zero-order valence-electron chi connectivity index (χ0n) is 19.7. The minimum absolute atomic E-state index is 0.0101. The molecule has 0 aromatic carbocycles. The Hall–Kier alpha value is -1.41. The van der Waals surface area contributed by atoms with Crippen molar-refractivity contribution < 1.29 is 9.90 Å². The SMILES string of the molecule is CC(C)C(C)C=CC(C)C1CC(=O)C2=C3C=CC4=CC(O)CCC4(C)C3CCC21C. The lowest BCUT2D eigenvalue weighted by atomic mass is 9.53. The van der Waals surface area contributed by atoms with Gasteiger partial charge in [0.15, 0.2) is 5.78 Å². The smallest absolute Gasteiger partial charge is 0.160 e. The fraction of sp³-hybridized carbons (Fsp3) is 0.679.